The molecular weight excluding hydrogens is 377 g/mol. The molecule has 2 aliphatic rings. The number of carbonyl (C=O) groups excluding carboxylic acids is 1. The topological polar surface area (TPSA) is 48.0 Å². The fourth-order valence-electron chi connectivity index (χ4n) is 3.80. The van der Waals surface area contributed by atoms with Gasteiger partial charge >= 0.3 is 7.12 Å². The number of hydrogen-bond donors (Lipinski definition) is 0. The first-order valence-corrected chi connectivity index (χ1v) is 10.7. The summed E-state index contributed by atoms with van der Waals surface area (Å²) < 4.78 is 18.7. The first-order chi connectivity index (χ1) is 14.3. The Kier molecular flexibility index (Phi) is 5.64. The third-order valence-electron chi connectivity index (χ3n) is 6.40. The maximum absolute atomic E-state index is 12.9. The molecule has 2 aliphatic heterocycles. The van der Waals surface area contributed by atoms with Gasteiger partial charge in [0.1, 0.15) is 12.4 Å². The summed E-state index contributed by atoms with van der Waals surface area (Å²) in [6.07, 6.45) is 2.13. The molecule has 0 radical (unpaired) electrons. The van der Waals surface area contributed by atoms with Crippen LogP contribution in [-0.2, 0) is 15.9 Å². The summed E-state index contributed by atoms with van der Waals surface area (Å²) in [4.78, 5) is 14.8. The summed E-state index contributed by atoms with van der Waals surface area (Å²) >= 11 is 0. The summed E-state index contributed by atoms with van der Waals surface area (Å²) in [5.41, 5.74) is 1.62. The van der Waals surface area contributed by atoms with Crippen molar-refractivity contribution in [3.63, 3.8) is 0 Å². The lowest BCUT2D eigenvalue weighted by molar-refractivity contribution is 0.00578. The fourth-order valence-corrected chi connectivity index (χ4v) is 3.80. The lowest BCUT2D eigenvalue weighted by atomic mass is 9.78. The molecule has 2 aromatic rings. The van der Waals surface area contributed by atoms with Crippen molar-refractivity contribution in [1.82, 2.24) is 4.90 Å². The van der Waals surface area contributed by atoms with Crippen molar-refractivity contribution in [2.75, 3.05) is 13.1 Å². The molecule has 1 amide bonds. The zero-order valence-electron chi connectivity index (χ0n) is 18.3. The minimum Gasteiger partial charge on any atom is -0.489 e. The highest BCUT2D eigenvalue weighted by Gasteiger charge is 2.52. The maximum Gasteiger partial charge on any atom is 0.498 e. The minimum atomic E-state index is -0.545. The Bertz CT molecular complexity index is 891. The molecule has 4 rings (SSSR count). The van der Waals surface area contributed by atoms with Crippen molar-refractivity contribution >= 4 is 18.5 Å². The predicted octanol–water partition coefficient (Wildman–Crippen LogP) is 3.80. The van der Waals surface area contributed by atoms with Gasteiger partial charge in [0.15, 0.2) is 0 Å². The molecule has 0 unspecified atom stereocenters. The second-order valence-corrected chi connectivity index (χ2v) is 9.11. The first-order valence-electron chi connectivity index (χ1n) is 10.7. The first kappa shape index (κ1) is 20.9. The van der Waals surface area contributed by atoms with Crippen molar-refractivity contribution in [2.45, 2.75) is 58.3 Å². The molecule has 6 heteroatoms. The second-order valence-electron chi connectivity index (χ2n) is 9.11. The molecule has 0 aromatic heterocycles. The predicted molar refractivity (Wildman–Crippen MR) is 118 cm³/mol. The highest BCUT2D eigenvalue weighted by Crippen LogP contribution is 2.37. The van der Waals surface area contributed by atoms with Crippen LogP contribution >= 0.6 is 0 Å². The number of nitrogens with zero attached hydrogens (tertiary/aromatic N) is 1. The molecule has 2 saturated heterocycles. The Hall–Kier alpha value is -2.31. The van der Waals surface area contributed by atoms with Gasteiger partial charge in [0.05, 0.1) is 11.2 Å². The van der Waals surface area contributed by atoms with Crippen LogP contribution in [0, 0.1) is 0 Å². The normalized spacial score (nSPS) is 19.9. The van der Waals surface area contributed by atoms with Gasteiger partial charge in [-0.3, -0.25) is 4.79 Å². The highest BCUT2D eigenvalue weighted by atomic mass is 16.7. The number of hydrogen-bond acceptors (Lipinski definition) is 4. The standard InChI is InChI=1S/C24H30BNO4/c1-23(2)24(3,4)30-25(29-23)20-13-12-19(22(27)26-14-8-9-15-26)16-21(20)28-17-18-10-6-5-7-11-18/h5-7,10-13,16H,8-9,14-15,17H2,1-4H3. The molecule has 0 spiro atoms. The zero-order valence-corrected chi connectivity index (χ0v) is 18.3. The maximum atomic E-state index is 12.9. The average molecular weight is 407 g/mol. The largest absolute Gasteiger partial charge is 0.498 e. The molecule has 2 fully saturated rings. The van der Waals surface area contributed by atoms with Gasteiger partial charge in [0.2, 0.25) is 0 Å². The van der Waals surface area contributed by atoms with Crippen molar-refractivity contribution in [3.05, 3.63) is 59.7 Å². The number of ether oxygens (including phenoxy) is 1. The van der Waals surface area contributed by atoms with Crippen molar-refractivity contribution in [2.24, 2.45) is 0 Å². The number of likely N-dealkylation sites (tertiary alicyclic amines) is 1. The van der Waals surface area contributed by atoms with E-state index in [2.05, 4.69) is 0 Å². The van der Waals surface area contributed by atoms with E-state index in [0.717, 1.165) is 37.0 Å². The quantitative estimate of drug-likeness (QED) is 0.708. The van der Waals surface area contributed by atoms with Crippen LogP contribution in [0.1, 0.15) is 56.5 Å². The van der Waals surface area contributed by atoms with E-state index in [0.29, 0.717) is 17.9 Å². The van der Waals surface area contributed by atoms with Gasteiger partial charge in [-0.15, -0.1) is 0 Å². The molecule has 30 heavy (non-hydrogen) atoms. The SMILES string of the molecule is CC1(C)OB(c2ccc(C(=O)N3CCCC3)cc2OCc2ccccc2)OC1(C)C. The summed E-state index contributed by atoms with van der Waals surface area (Å²) in [6.45, 7) is 10.2. The van der Waals surface area contributed by atoms with E-state index in [1.165, 1.54) is 0 Å². The Morgan fingerprint density at radius 3 is 2.27 bits per heavy atom. The van der Waals surface area contributed by atoms with Gasteiger partial charge in [0.25, 0.3) is 5.91 Å². The van der Waals surface area contributed by atoms with E-state index in [1.54, 1.807) is 0 Å². The van der Waals surface area contributed by atoms with Crippen LogP contribution in [0.15, 0.2) is 48.5 Å². The lowest BCUT2D eigenvalue weighted by Crippen LogP contribution is -2.41. The van der Waals surface area contributed by atoms with E-state index in [1.807, 2.05) is 81.1 Å². The average Bonchev–Trinajstić information content (AvgIpc) is 3.32. The van der Waals surface area contributed by atoms with Gasteiger partial charge in [-0.25, -0.2) is 0 Å². The van der Waals surface area contributed by atoms with Gasteiger partial charge in [0, 0.05) is 24.1 Å². The van der Waals surface area contributed by atoms with Crippen LogP contribution in [0.5, 0.6) is 5.75 Å². The van der Waals surface area contributed by atoms with Crippen LogP contribution in [0.4, 0.5) is 0 Å². The van der Waals surface area contributed by atoms with Crippen molar-refractivity contribution in [1.29, 1.82) is 0 Å². The van der Waals surface area contributed by atoms with Crippen LogP contribution < -0.4 is 10.2 Å². The Morgan fingerprint density at radius 2 is 1.63 bits per heavy atom. The Labute approximate surface area is 179 Å². The summed E-state index contributed by atoms with van der Waals surface area (Å²) in [6, 6.07) is 15.6. The van der Waals surface area contributed by atoms with E-state index >= 15 is 0 Å². The van der Waals surface area contributed by atoms with Crippen LogP contribution in [-0.4, -0.2) is 42.2 Å². The van der Waals surface area contributed by atoms with Crippen LogP contribution in [0.2, 0.25) is 0 Å². The van der Waals surface area contributed by atoms with Gasteiger partial charge < -0.3 is 18.9 Å². The zero-order chi connectivity index (χ0) is 21.4. The number of amides is 1. The number of benzene rings is 2. The number of carbonyl (C=O) groups is 1. The third-order valence-corrected chi connectivity index (χ3v) is 6.40. The second kappa shape index (κ2) is 8.08. The molecule has 0 atom stereocenters. The van der Waals surface area contributed by atoms with Crippen molar-refractivity contribution in [3.8, 4) is 5.75 Å². The summed E-state index contributed by atoms with van der Waals surface area (Å²) in [7, 11) is -0.545. The van der Waals surface area contributed by atoms with E-state index in [9.17, 15) is 4.79 Å². The van der Waals surface area contributed by atoms with Crippen LogP contribution in [0.3, 0.4) is 0 Å². The van der Waals surface area contributed by atoms with E-state index in [4.69, 9.17) is 14.0 Å². The molecule has 158 valence electrons. The monoisotopic (exact) mass is 407 g/mol. The number of rotatable bonds is 5. The van der Waals surface area contributed by atoms with Crippen molar-refractivity contribution < 1.29 is 18.8 Å². The van der Waals surface area contributed by atoms with Gasteiger partial charge in [-0.05, 0) is 58.2 Å². The van der Waals surface area contributed by atoms with E-state index < -0.39 is 18.3 Å². The molecule has 2 aromatic carbocycles. The molecule has 0 aliphatic carbocycles. The Morgan fingerprint density at radius 1 is 1.00 bits per heavy atom. The highest BCUT2D eigenvalue weighted by molar-refractivity contribution is 6.63. The molecule has 0 saturated carbocycles. The molecule has 0 N–H and O–H groups in total. The van der Waals surface area contributed by atoms with Gasteiger partial charge in [-0.2, -0.15) is 0 Å². The third kappa shape index (κ3) is 4.12. The van der Waals surface area contributed by atoms with E-state index in [-0.39, 0.29) is 5.91 Å². The Balaban J connectivity index is 1.63. The lowest BCUT2D eigenvalue weighted by Gasteiger charge is -2.32. The molecule has 5 nitrogen and oxygen atoms in total. The summed E-state index contributed by atoms with van der Waals surface area (Å²) in [5.74, 6) is 0.680. The van der Waals surface area contributed by atoms with Crippen LogP contribution in [0.25, 0.3) is 0 Å². The molecular formula is C24H30BNO4. The molecule has 0 bridgehead atoms. The van der Waals surface area contributed by atoms with Gasteiger partial charge in [-0.1, -0.05) is 36.4 Å². The smallest absolute Gasteiger partial charge is 0.489 e. The summed E-state index contributed by atoms with van der Waals surface area (Å²) in [5, 5.41) is 0. The molecule has 2 heterocycles. The fraction of sp³-hybridized carbons (Fsp3) is 0.458. The minimum absolute atomic E-state index is 0.0533.